The van der Waals surface area contributed by atoms with Crippen molar-refractivity contribution >= 4 is 34.3 Å². The van der Waals surface area contributed by atoms with E-state index in [0.717, 1.165) is 23.5 Å². The van der Waals surface area contributed by atoms with Crippen molar-refractivity contribution < 1.29 is 9.90 Å². The Kier molecular flexibility index (Phi) is 5.97. The van der Waals surface area contributed by atoms with E-state index < -0.39 is 16.8 Å². The first-order valence-electron chi connectivity index (χ1n) is 11.2. The number of thiazole rings is 1. The quantitative estimate of drug-likeness (QED) is 0.455. The van der Waals surface area contributed by atoms with E-state index in [-0.39, 0.29) is 46.0 Å². The summed E-state index contributed by atoms with van der Waals surface area (Å²) in [4.78, 5) is 49.0. The molecule has 1 aromatic carbocycles. The van der Waals surface area contributed by atoms with Crippen LogP contribution < -0.4 is 21.5 Å². The second kappa shape index (κ2) is 8.50. The average molecular weight is 484 g/mol. The molecule has 0 aliphatic heterocycles. The summed E-state index contributed by atoms with van der Waals surface area (Å²) in [6.07, 6.45) is 3.21. The minimum absolute atomic E-state index is 0.0528. The van der Waals surface area contributed by atoms with Gasteiger partial charge in [0.05, 0.1) is 22.4 Å². The number of nitrogens with zero attached hydrogens (tertiary/aromatic N) is 3. The fraction of sp³-hybridized carbons (Fsp3) is 0.458. The van der Waals surface area contributed by atoms with Gasteiger partial charge < -0.3 is 20.6 Å². The average Bonchev–Trinajstić information content (AvgIpc) is 3.17. The Labute approximate surface area is 201 Å². The number of fused-ring (bicyclic) bond motifs is 1. The lowest BCUT2D eigenvalue weighted by molar-refractivity contribution is 0.0746. The normalized spacial score (nSPS) is 17.0. The second-order valence-corrected chi connectivity index (χ2v) is 11.0. The van der Waals surface area contributed by atoms with Gasteiger partial charge in [0.15, 0.2) is 11.4 Å². The van der Waals surface area contributed by atoms with Gasteiger partial charge in [0, 0.05) is 24.2 Å². The maximum Gasteiger partial charge on any atom is 0.276 e. The number of rotatable bonds is 6. The zero-order valence-electron chi connectivity index (χ0n) is 20.1. The molecule has 10 heteroatoms. The van der Waals surface area contributed by atoms with E-state index in [2.05, 4.69) is 29.5 Å². The third kappa shape index (κ3) is 3.96. The lowest BCUT2D eigenvalue weighted by Gasteiger charge is -2.39. The largest absolute Gasteiger partial charge is 0.504 e. The molecule has 0 radical (unpaired) electrons. The van der Waals surface area contributed by atoms with Gasteiger partial charge in [0.1, 0.15) is 11.4 Å². The summed E-state index contributed by atoms with van der Waals surface area (Å²) in [5.74, 6) is -0.829. The number of aryl methyl sites for hydroxylation is 2. The van der Waals surface area contributed by atoms with Crippen molar-refractivity contribution in [2.75, 3.05) is 17.7 Å². The molecule has 3 aromatic rings. The SMILES string of the molecule is Cc1nc2c(s1)CCC(C)(C)[C@@H]2Nc1c(Nc2ccnc(C(=O)N(C)C(C)C)c2O)c(=O)c1=O. The number of carbonyl (C=O) groups is 1. The topological polar surface area (TPSA) is 125 Å². The molecule has 0 bridgehead atoms. The van der Waals surface area contributed by atoms with E-state index in [1.54, 1.807) is 18.4 Å². The molecule has 3 N–H and O–H groups in total. The highest BCUT2D eigenvalue weighted by atomic mass is 32.1. The van der Waals surface area contributed by atoms with Gasteiger partial charge in [0.25, 0.3) is 16.8 Å². The first-order chi connectivity index (χ1) is 15.9. The molecular formula is C24H29N5O4S. The van der Waals surface area contributed by atoms with Crippen LogP contribution in [0.1, 0.15) is 66.2 Å². The molecule has 0 fully saturated rings. The second-order valence-electron chi connectivity index (χ2n) is 9.71. The molecular weight excluding hydrogens is 454 g/mol. The summed E-state index contributed by atoms with van der Waals surface area (Å²) in [6.45, 7) is 9.87. The molecule has 0 saturated heterocycles. The minimum Gasteiger partial charge on any atom is -0.504 e. The Balaban J connectivity index is 1.66. The van der Waals surface area contributed by atoms with E-state index >= 15 is 0 Å². The number of aromatic nitrogens is 2. The predicted octanol–water partition coefficient (Wildman–Crippen LogP) is 3.50. The van der Waals surface area contributed by atoms with Gasteiger partial charge in [-0.1, -0.05) is 13.8 Å². The first-order valence-corrected chi connectivity index (χ1v) is 12.0. The van der Waals surface area contributed by atoms with Crippen LogP contribution in [-0.2, 0) is 6.42 Å². The standard InChI is InChI=1S/C24H29N5O4S/c1-11(2)29(6)23(33)18-19(30)13(8-10-25-18)27-16-17(21(32)20(16)31)28-22-15-14(34-12(3)26-15)7-9-24(22,4)5/h8,10-11,22,28,30H,7,9H2,1-6H3,(H,25,27)/t22-/m1/s1. The number of pyridine rings is 1. The highest BCUT2D eigenvalue weighted by molar-refractivity contribution is 7.11. The van der Waals surface area contributed by atoms with Crippen molar-refractivity contribution in [2.45, 2.75) is 59.5 Å². The highest BCUT2D eigenvalue weighted by Crippen LogP contribution is 2.47. The number of carbonyl (C=O) groups excluding carboxylic acids is 1. The summed E-state index contributed by atoms with van der Waals surface area (Å²) in [7, 11) is 1.62. The van der Waals surface area contributed by atoms with E-state index in [4.69, 9.17) is 4.98 Å². The molecule has 0 saturated carbocycles. The molecule has 0 spiro atoms. The number of aromatic hydroxyl groups is 1. The first kappa shape index (κ1) is 23.9. The summed E-state index contributed by atoms with van der Waals surface area (Å²) in [5.41, 5.74) is -0.388. The van der Waals surface area contributed by atoms with Crippen molar-refractivity contribution in [3.63, 3.8) is 0 Å². The predicted molar refractivity (Wildman–Crippen MR) is 133 cm³/mol. The van der Waals surface area contributed by atoms with Crippen LogP contribution in [0.5, 0.6) is 5.75 Å². The Hall–Kier alpha value is -3.27. The lowest BCUT2D eigenvalue weighted by Crippen LogP contribution is -2.41. The fourth-order valence-corrected chi connectivity index (χ4v) is 5.12. The number of hydrogen-bond acceptors (Lipinski definition) is 9. The number of anilines is 3. The van der Waals surface area contributed by atoms with Crippen molar-refractivity contribution in [3.05, 3.63) is 54.0 Å². The van der Waals surface area contributed by atoms with Gasteiger partial charge in [0.2, 0.25) is 0 Å². The summed E-state index contributed by atoms with van der Waals surface area (Å²) in [5, 5.41) is 17.8. The van der Waals surface area contributed by atoms with Gasteiger partial charge >= 0.3 is 0 Å². The van der Waals surface area contributed by atoms with Gasteiger partial charge in [-0.15, -0.1) is 11.3 Å². The van der Waals surface area contributed by atoms with Crippen molar-refractivity contribution in [3.8, 4) is 5.75 Å². The Bertz CT molecular complexity index is 1340. The van der Waals surface area contributed by atoms with Gasteiger partial charge in [-0.05, 0) is 45.1 Å². The lowest BCUT2D eigenvalue weighted by atomic mass is 9.74. The van der Waals surface area contributed by atoms with Crippen LogP contribution in [-0.4, -0.2) is 39.0 Å². The zero-order chi connectivity index (χ0) is 24.9. The Morgan fingerprint density at radius 3 is 2.62 bits per heavy atom. The summed E-state index contributed by atoms with van der Waals surface area (Å²) in [6, 6.07) is 1.12. The van der Waals surface area contributed by atoms with Gasteiger partial charge in [-0.3, -0.25) is 14.4 Å². The molecule has 2 aromatic heterocycles. The number of amides is 1. The van der Waals surface area contributed by atoms with Crippen molar-refractivity contribution in [1.29, 1.82) is 0 Å². The third-order valence-electron chi connectivity index (χ3n) is 6.57. The molecule has 1 amide bonds. The van der Waals surface area contributed by atoms with Crippen LogP contribution >= 0.6 is 11.3 Å². The highest BCUT2D eigenvalue weighted by Gasteiger charge is 2.40. The minimum atomic E-state index is -0.686. The zero-order valence-corrected chi connectivity index (χ0v) is 21.0. The van der Waals surface area contributed by atoms with Crippen LogP contribution in [0.3, 0.4) is 0 Å². The Morgan fingerprint density at radius 2 is 1.94 bits per heavy atom. The fourth-order valence-electron chi connectivity index (χ4n) is 4.14. The summed E-state index contributed by atoms with van der Waals surface area (Å²) >= 11 is 1.65. The van der Waals surface area contributed by atoms with Crippen LogP contribution in [0.2, 0.25) is 0 Å². The van der Waals surface area contributed by atoms with Crippen LogP contribution in [0.4, 0.5) is 17.1 Å². The maximum atomic E-state index is 12.7. The van der Waals surface area contributed by atoms with Crippen LogP contribution in [0.25, 0.3) is 0 Å². The van der Waals surface area contributed by atoms with E-state index in [1.165, 1.54) is 22.0 Å². The Morgan fingerprint density at radius 1 is 1.26 bits per heavy atom. The molecule has 34 heavy (non-hydrogen) atoms. The molecule has 1 aliphatic carbocycles. The van der Waals surface area contributed by atoms with E-state index in [9.17, 15) is 19.5 Å². The number of nitrogens with one attached hydrogen (secondary N) is 2. The van der Waals surface area contributed by atoms with Crippen LogP contribution in [0.15, 0.2) is 21.9 Å². The molecule has 180 valence electrons. The molecule has 1 atom stereocenters. The smallest absolute Gasteiger partial charge is 0.276 e. The molecule has 4 rings (SSSR count). The van der Waals surface area contributed by atoms with E-state index in [1.807, 2.05) is 20.8 Å². The maximum absolute atomic E-state index is 12.7. The monoisotopic (exact) mass is 483 g/mol. The van der Waals surface area contributed by atoms with Crippen molar-refractivity contribution in [2.24, 2.45) is 5.41 Å². The molecule has 9 nitrogen and oxygen atoms in total. The van der Waals surface area contributed by atoms with Gasteiger partial charge in [-0.25, -0.2) is 9.97 Å². The van der Waals surface area contributed by atoms with Gasteiger partial charge in [-0.2, -0.15) is 0 Å². The molecule has 2 heterocycles. The van der Waals surface area contributed by atoms with E-state index in [0.29, 0.717) is 0 Å². The number of hydrogen-bond donors (Lipinski definition) is 3. The van der Waals surface area contributed by atoms with Crippen molar-refractivity contribution in [1.82, 2.24) is 14.9 Å². The summed E-state index contributed by atoms with van der Waals surface area (Å²) < 4.78 is 0. The third-order valence-corrected chi connectivity index (χ3v) is 7.61. The molecule has 1 aliphatic rings. The molecule has 0 unspecified atom stereocenters. The van der Waals surface area contributed by atoms with Crippen LogP contribution in [0, 0.1) is 12.3 Å².